The molecule has 0 saturated carbocycles. The number of hydrogen-bond donors (Lipinski definition) is 1. The number of benzene rings is 1. The van der Waals surface area contributed by atoms with Gasteiger partial charge in [0.25, 0.3) is 11.6 Å². The van der Waals surface area contributed by atoms with Crippen LogP contribution in [0, 0.1) is 10.1 Å². The third kappa shape index (κ3) is 4.73. The molecule has 0 aliphatic carbocycles. The van der Waals surface area contributed by atoms with Gasteiger partial charge in [-0.05, 0) is 13.0 Å². The van der Waals surface area contributed by atoms with E-state index in [2.05, 4.69) is 4.74 Å². The molecule has 0 aliphatic rings. The van der Waals surface area contributed by atoms with Gasteiger partial charge in [-0.25, -0.2) is 4.79 Å². The zero-order valence-corrected chi connectivity index (χ0v) is 11.2. The fourth-order valence-corrected chi connectivity index (χ4v) is 1.41. The van der Waals surface area contributed by atoms with Crippen LogP contribution in [0.25, 0.3) is 0 Å². The van der Waals surface area contributed by atoms with E-state index in [1.807, 2.05) is 5.32 Å². The highest BCUT2D eigenvalue weighted by Gasteiger charge is 2.13. The topological polar surface area (TPSA) is 108 Å². The standard InChI is InChI=1S/C11H11ClN2O6/c1-2-19-11(16)13-10(15)6-20-9-4-3-7(14(17)18)5-8(9)12/h3-5H,2,6H2,1H3,(H,13,15,16). The number of amides is 2. The zero-order chi connectivity index (χ0) is 15.1. The minimum absolute atomic E-state index is 0.0110. The number of carbonyl (C=O) groups excluding carboxylic acids is 2. The van der Waals surface area contributed by atoms with Gasteiger partial charge in [0.1, 0.15) is 5.75 Å². The second kappa shape index (κ2) is 7.29. The lowest BCUT2D eigenvalue weighted by molar-refractivity contribution is -0.384. The first-order valence-electron chi connectivity index (χ1n) is 5.47. The second-order valence-electron chi connectivity index (χ2n) is 3.43. The molecule has 1 rings (SSSR count). The molecule has 1 aromatic rings. The molecule has 0 saturated heterocycles. The van der Waals surface area contributed by atoms with Crippen LogP contribution in [0.3, 0.4) is 0 Å². The van der Waals surface area contributed by atoms with Crippen molar-refractivity contribution in [2.24, 2.45) is 0 Å². The van der Waals surface area contributed by atoms with E-state index in [0.29, 0.717) is 0 Å². The summed E-state index contributed by atoms with van der Waals surface area (Å²) in [4.78, 5) is 32.1. The number of halogens is 1. The van der Waals surface area contributed by atoms with Gasteiger partial charge >= 0.3 is 6.09 Å². The Morgan fingerprint density at radius 1 is 1.45 bits per heavy atom. The van der Waals surface area contributed by atoms with Crippen molar-refractivity contribution in [1.29, 1.82) is 0 Å². The number of imide groups is 1. The smallest absolute Gasteiger partial charge is 0.413 e. The van der Waals surface area contributed by atoms with Gasteiger partial charge in [0, 0.05) is 12.1 Å². The summed E-state index contributed by atoms with van der Waals surface area (Å²) in [5.74, 6) is -0.630. The van der Waals surface area contributed by atoms with Gasteiger partial charge < -0.3 is 9.47 Å². The Bertz CT molecular complexity index is 534. The van der Waals surface area contributed by atoms with E-state index in [9.17, 15) is 19.7 Å². The molecular weight excluding hydrogens is 292 g/mol. The highest BCUT2D eigenvalue weighted by Crippen LogP contribution is 2.28. The number of hydrogen-bond acceptors (Lipinski definition) is 6. The van der Waals surface area contributed by atoms with Crippen molar-refractivity contribution >= 4 is 29.3 Å². The zero-order valence-electron chi connectivity index (χ0n) is 10.4. The fourth-order valence-electron chi connectivity index (χ4n) is 1.18. The lowest BCUT2D eigenvalue weighted by Crippen LogP contribution is -2.34. The lowest BCUT2D eigenvalue weighted by atomic mass is 10.3. The van der Waals surface area contributed by atoms with E-state index in [-0.39, 0.29) is 23.1 Å². The van der Waals surface area contributed by atoms with E-state index in [1.165, 1.54) is 12.1 Å². The first-order valence-corrected chi connectivity index (χ1v) is 5.85. The number of ether oxygens (including phenoxy) is 2. The van der Waals surface area contributed by atoms with E-state index in [1.54, 1.807) is 6.92 Å². The number of nitrogens with zero attached hydrogens (tertiary/aromatic N) is 1. The maximum atomic E-state index is 11.3. The summed E-state index contributed by atoms with van der Waals surface area (Å²) < 4.78 is 9.54. The number of non-ortho nitro benzene ring substituents is 1. The Kier molecular flexibility index (Phi) is 5.73. The van der Waals surface area contributed by atoms with Gasteiger partial charge in [0.2, 0.25) is 0 Å². The molecule has 0 aromatic heterocycles. The van der Waals surface area contributed by atoms with Gasteiger partial charge in [-0.15, -0.1) is 0 Å². The normalized spacial score (nSPS) is 9.70. The van der Waals surface area contributed by atoms with E-state index in [0.717, 1.165) is 6.07 Å². The van der Waals surface area contributed by atoms with Crippen molar-refractivity contribution in [3.63, 3.8) is 0 Å². The largest absolute Gasteiger partial charge is 0.482 e. The summed E-state index contributed by atoms with van der Waals surface area (Å²) in [5, 5.41) is 12.4. The van der Waals surface area contributed by atoms with E-state index < -0.39 is 23.5 Å². The number of nitro groups is 1. The van der Waals surface area contributed by atoms with Crippen molar-refractivity contribution in [3.8, 4) is 5.75 Å². The summed E-state index contributed by atoms with van der Waals surface area (Å²) in [6.45, 7) is 1.25. The van der Waals surface area contributed by atoms with Crippen molar-refractivity contribution in [1.82, 2.24) is 5.32 Å². The molecule has 2 amide bonds. The van der Waals surface area contributed by atoms with Crippen molar-refractivity contribution in [2.45, 2.75) is 6.92 Å². The van der Waals surface area contributed by atoms with Crippen LogP contribution in [-0.2, 0) is 9.53 Å². The van der Waals surface area contributed by atoms with Gasteiger partial charge in [-0.2, -0.15) is 0 Å². The molecule has 108 valence electrons. The van der Waals surface area contributed by atoms with Crippen LogP contribution in [0.5, 0.6) is 5.75 Å². The summed E-state index contributed by atoms with van der Waals surface area (Å²) >= 11 is 5.76. The highest BCUT2D eigenvalue weighted by molar-refractivity contribution is 6.32. The minimum atomic E-state index is -0.879. The Morgan fingerprint density at radius 2 is 2.15 bits per heavy atom. The number of rotatable bonds is 5. The van der Waals surface area contributed by atoms with Crippen molar-refractivity contribution in [3.05, 3.63) is 33.3 Å². The molecule has 0 unspecified atom stereocenters. The molecule has 8 nitrogen and oxygen atoms in total. The molecule has 0 radical (unpaired) electrons. The average Bonchev–Trinajstić information content (AvgIpc) is 2.37. The Morgan fingerprint density at radius 3 is 2.70 bits per heavy atom. The highest BCUT2D eigenvalue weighted by atomic mass is 35.5. The molecule has 20 heavy (non-hydrogen) atoms. The van der Waals surface area contributed by atoms with Gasteiger partial charge in [0.05, 0.1) is 16.6 Å². The van der Waals surface area contributed by atoms with Crippen LogP contribution < -0.4 is 10.1 Å². The number of nitrogens with one attached hydrogen (secondary N) is 1. The summed E-state index contributed by atoms with van der Waals surface area (Å²) in [7, 11) is 0. The predicted molar refractivity (Wildman–Crippen MR) is 68.8 cm³/mol. The van der Waals surface area contributed by atoms with Crippen LogP contribution in [0.4, 0.5) is 10.5 Å². The molecule has 0 aliphatic heterocycles. The van der Waals surface area contributed by atoms with Crippen LogP contribution >= 0.6 is 11.6 Å². The monoisotopic (exact) mass is 302 g/mol. The van der Waals surface area contributed by atoms with Crippen LogP contribution in [0.1, 0.15) is 6.92 Å². The van der Waals surface area contributed by atoms with Crippen molar-refractivity contribution < 1.29 is 24.0 Å². The van der Waals surface area contributed by atoms with Crippen LogP contribution in [0.15, 0.2) is 18.2 Å². The Hall–Kier alpha value is -2.35. The summed E-state index contributed by atoms with van der Waals surface area (Å²) in [6, 6.07) is 3.54. The predicted octanol–water partition coefficient (Wildman–Crippen LogP) is 1.90. The molecule has 0 bridgehead atoms. The summed E-state index contributed by atoms with van der Waals surface area (Å²) in [5.41, 5.74) is -0.196. The first-order chi connectivity index (χ1) is 9.43. The van der Waals surface area contributed by atoms with Crippen LogP contribution in [0.2, 0.25) is 5.02 Å². The van der Waals surface area contributed by atoms with E-state index >= 15 is 0 Å². The quantitative estimate of drug-likeness (QED) is 0.657. The molecule has 0 fully saturated rings. The molecule has 9 heteroatoms. The summed E-state index contributed by atoms with van der Waals surface area (Å²) in [6.07, 6.45) is -0.879. The number of nitro benzene ring substituents is 1. The average molecular weight is 303 g/mol. The molecular formula is C11H11ClN2O6. The molecule has 0 spiro atoms. The lowest BCUT2D eigenvalue weighted by Gasteiger charge is -2.07. The Labute approximate surface area is 118 Å². The van der Waals surface area contributed by atoms with E-state index in [4.69, 9.17) is 16.3 Å². The third-order valence-corrected chi connectivity index (χ3v) is 2.30. The Balaban J connectivity index is 2.55. The maximum Gasteiger partial charge on any atom is 0.413 e. The van der Waals surface area contributed by atoms with Gasteiger partial charge in [0.15, 0.2) is 6.61 Å². The fraction of sp³-hybridized carbons (Fsp3) is 0.273. The molecule has 0 heterocycles. The van der Waals surface area contributed by atoms with Gasteiger partial charge in [-0.3, -0.25) is 20.2 Å². The first kappa shape index (κ1) is 15.7. The number of carbonyl (C=O) groups is 2. The SMILES string of the molecule is CCOC(=O)NC(=O)COc1ccc([N+](=O)[O-])cc1Cl. The minimum Gasteiger partial charge on any atom is -0.482 e. The molecule has 0 atom stereocenters. The van der Waals surface area contributed by atoms with Gasteiger partial charge in [-0.1, -0.05) is 11.6 Å². The molecule has 1 aromatic carbocycles. The number of alkyl carbamates (subject to hydrolysis) is 1. The van der Waals surface area contributed by atoms with Crippen molar-refractivity contribution in [2.75, 3.05) is 13.2 Å². The maximum absolute atomic E-state index is 11.3. The third-order valence-electron chi connectivity index (χ3n) is 2.00. The molecule has 1 N–H and O–H groups in total. The second-order valence-corrected chi connectivity index (χ2v) is 3.84. The van der Waals surface area contributed by atoms with Crippen LogP contribution in [-0.4, -0.2) is 30.1 Å².